The Morgan fingerprint density at radius 3 is 2.58 bits per heavy atom. The summed E-state index contributed by atoms with van der Waals surface area (Å²) in [4.78, 5) is 26.5. The molecule has 7 nitrogen and oxygen atoms in total. The van der Waals surface area contributed by atoms with E-state index in [2.05, 4.69) is 10.3 Å². The van der Waals surface area contributed by atoms with Gasteiger partial charge in [0.1, 0.15) is 0 Å². The van der Waals surface area contributed by atoms with Crippen LogP contribution in [-0.2, 0) is 13.1 Å². The zero-order valence-corrected chi connectivity index (χ0v) is 13.4. The van der Waals surface area contributed by atoms with Crippen LogP contribution in [0.4, 0.5) is 5.00 Å². The molecule has 3 aromatic rings. The first-order chi connectivity index (χ1) is 11.6. The monoisotopic (exact) mass is 342 g/mol. The molecule has 0 radical (unpaired) electrons. The third-order valence-corrected chi connectivity index (χ3v) is 4.43. The van der Waals surface area contributed by atoms with E-state index in [9.17, 15) is 14.9 Å². The molecular formula is C16H14N4O3S. The molecule has 0 bridgehead atoms. The Morgan fingerprint density at radius 1 is 1.21 bits per heavy atom. The maximum atomic E-state index is 12.0. The highest BCUT2D eigenvalue weighted by atomic mass is 32.1. The smallest absolute Gasteiger partial charge is 0.324 e. The molecule has 1 aromatic carbocycles. The van der Waals surface area contributed by atoms with Crippen LogP contribution in [0.25, 0.3) is 0 Å². The maximum absolute atomic E-state index is 12.0. The first kappa shape index (κ1) is 15.9. The SMILES string of the molecule is O=C(NCc1ccc(Cn2ccnc2)cc1)c1ccc([N+](=O)[O-])s1. The highest BCUT2D eigenvalue weighted by Gasteiger charge is 2.14. The number of nitrogens with zero attached hydrogens (tertiary/aromatic N) is 3. The van der Waals surface area contributed by atoms with Crippen LogP contribution in [0.15, 0.2) is 55.1 Å². The summed E-state index contributed by atoms with van der Waals surface area (Å²) in [5.74, 6) is -0.310. The van der Waals surface area contributed by atoms with Gasteiger partial charge in [0.25, 0.3) is 5.91 Å². The summed E-state index contributed by atoms with van der Waals surface area (Å²) in [6.45, 7) is 1.11. The number of thiophene rings is 1. The Kier molecular flexibility index (Phi) is 4.66. The van der Waals surface area contributed by atoms with E-state index >= 15 is 0 Å². The van der Waals surface area contributed by atoms with Crippen LogP contribution in [0.2, 0.25) is 0 Å². The van der Waals surface area contributed by atoms with E-state index < -0.39 is 4.92 Å². The molecule has 0 unspecified atom stereocenters. The van der Waals surface area contributed by atoms with Gasteiger partial charge in [0.15, 0.2) is 0 Å². The summed E-state index contributed by atoms with van der Waals surface area (Å²) < 4.78 is 1.97. The predicted octanol–water partition coefficient (Wildman–Crippen LogP) is 2.83. The fraction of sp³-hybridized carbons (Fsp3) is 0.125. The second-order valence-corrected chi connectivity index (χ2v) is 6.19. The second kappa shape index (κ2) is 7.05. The first-order valence-corrected chi connectivity index (χ1v) is 7.99. The standard InChI is InChI=1S/C16H14N4O3S/c21-16(14-5-6-15(24-14)20(22)23)18-9-12-1-3-13(4-2-12)10-19-8-7-17-11-19/h1-8,11H,9-10H2,(H,18,21). The largest absolute Gasteiger partial charge is 0.347 e. The van der Waals surface area contributed by atoms with Gasteiger partial charge in [-0.25, -0.2) is 4.98 Å². The highest BCUT2D eigenvalue weighted by molar-refractivity contribution is 7.17. The van der Waals surface area contributed by atoms with Gasteiger partial charge in [-0.05, 0) is 17.2 Å². The molecule has 0 spiro atoms. The minimum atomic E-state index is -0.500. The van der Waals surface area contributed by atoms with Gasteiger partial charge in [-0.1, -0.05) is 35.6 Å². The van der Waals surface area contributed by atoms with Crippen LogP contribution in [-0.4, -0.2) is 20.4 Å². The number of nitrogens with one attached hydrogen (secondary N) is 1. The van der Waals surface area contributed by atoms with Crippen molar-refractivity contribution in [1.82, 2.24) is 14.9 Å². The molecule has 0 aliphatic rings. The Labute approximate surface area is 141 Å². The number of amides is 1. The molecule has 8 heteroatoms. The number of hydrogen-bond acceptors (Lipinski definition) is 5. The Hall–Kier alpha value is -3.00. The molecule has 0 aliphatic heterocycles. The minimum Gasteiger partial charge on any atom is -0.347 e. The number of rotatable bonds is 6. The summed E-state index contributed by atoms with van der Waals surface area (Å²) in [6.07, 6.45) is 5.39. The van der Waals surface area contributed by atoms with Crippen molar-refractivity contribution < 1.29 is 9.72 Å². The highest BCUT2D eigenvalue weighted by Crippen LogP contribution is 2.23. The van der Waals surface area contributed by atoms with Crippen molar-refractivity contribution in [3.63, 3.8) is 0 Å². The normalized spacial score (nSPS) is 10.5. The van der Waals surface area contributed by atoms with Gasteiger partial charge < -0.3 is 9.88 Å². The molecule has 1 amide bonds. The zero-order chi connectivity index (χ0) is 16.9. The molecule has 1 N–H and O–H groups in total. The van der Waals surface area contributed by atoms with E-state index in [4.69, 9.17) is 0 Å². The van der Waals surface area contributed by atoms with Crippen LogP contribution in [0, 0.1) is 10.1 Å². The lowest BCUT2D eigenvalue weighted by Crippen LogP contribution is -2.21. The van der Waals surface area contributed by atoms with Crippen LogP contribution in [0.3, 0.4) is 0 Å². The van der Waals surface area contributed by atoms with Crippen molar-refractivity contribution in [2.45, 2.75) is 13.1 Å². The molecule has 0 saturated heterocycles. The molecule has 0 saturated carbocycles. The van der Waals surface area contributed by atoms with Gasteiger partial charge in [0.05, 0.1) is 16.1 Å². The number of nitro groups is 1. The average Bonchev–Trinajstić information content (AvgIpc) is 3.25. The van der Waals surface area contributed by atoms with Gasteiger partial charge in [-0.3, -0.25) is 14.9 Å². The summed E-state index contributed by atoms with van der Waals surface area (Å²) in [7, 11) is 0. The minimum absolute atomic E-state index is 0.0380. The Balaban J connectivity index is 1.55. The number of benzene rings is 1. The topological polar surface area (TPSA) is 90.1 Å². The third kappa shape index (κ3) is 3.85. The van der Waals surface area contributed by atoms with Crippen LogP contribution >= 0.6 is 11.3 Å². The fourth-order valence-electron chi connectivity index (χ4n) is 2.17. The van der Waals surface area contributed by atoms with Crippen molar-refractivity contribution in [1.29, 1.82) is 0 Å². The summed E-state index contributed by atoms with van der Waals surface area (Å²) in [5, 5.41) is 13.4. The van der Waals surface area contributed by atoms with Crippen LogP contribution < -0.4 is 5.32 Å². The number of carbonyl (C=O) groups is 1. The lowest BCUT2D eigenvalue weighted by atomic mass is 10.1. The molecule has 24 heavy (non-hydrogen) atoms. The number of hydrogen-bond donors (Lipinski definition) is 1. The molecule has 2 aromatic heterocycles. The Morgan fingerprint density at radius 2 is 1.96 bits per heavy atom. The summed E-state index contributed by atoms with van der Waals surface area (Å²) >= 11 is 0.869. The zero-order valence-electron chi connectivity index (χ0n) is 12.6. The third-order valence-electron chi connectivity index (χ3n) is 3.40. The van der Waals surface area contributed by atoms with E-state index in [0.717, 1.165) is 29.0 Å². The van der Waals surface area contributed by atoms with E-state index in [1.807, 2.05) is 35.0 Å². The summed E-state index contributed by atoms with van der Waals surface area (Å²) in [5.41, 5.74) is 2.10. The Bertz CT molecular complexity index is 841. The van der Waals surface area contributed by atoms with Gasteiger partial charge in [0, 0.05) is 31.5 Å². The van der Waals surface area contributed by atoms with Gasteiger partial charge >= 0.3 is 5.00 Å². The second-order valence-electron chi connectivity index (χ2n) is 5.13. The average molecular weight is 342 g/mol. The summed E-state index contributed by atoms with van der Waals surface area (Å²) in [6, 6.07) is 10.7. The van der Waals surface area contributed by atoms with Crippen molar-refractivity contribution >= 4 is 22.2 Å². The fourth-order valence-corrected chi connectivity index (χ4v) is 2.91. The van der Waals surface area contributed by atoms with Crippen molar-refractivity contribution in [2.75, 3.05) is 0 Å². The van der Waals surface area contributed by atoms with Crippen molar-refractivity contribution in [3.8, 4) is 0 Å². The van der Waals surface area contributed by atoms with E-state index in [-0.39, 0.29) is 10.9 Å². The molecule has 3 rings (SSSR count). The van der Waals surface area contributed by atoms with Gasteiger partial charge in [-0.15, -0.1) is 0 Å². The number of carbonyl (C=O) groups excluding carboxylic acids is 1. The van der Waals surface area contributed by atoms with Gasteiger partial charge in [0.2, 0.25) is 0 Å². The molecule has 0 fully saturated rings. The van der Waals surface area contributed by atoms with Crippen LogP contribution in [0.1, 0.15) is 20.8 Å². The maximum Gasteiger partial charge on any atom is 0.324 e. The van der Waals surface area contributed by atoms with Crippen molar-refractivity contribution in [3.05, 3.63) is 81.2 Å². The predicted molar refractivity (Wildman–Crippen MR) is 89.9 cm³/mol. The molecule has 0 aliphatic carbocycles. The molecule has 2 heterocycles. The number of imidazole rings is 1. The lowest BCUT2D eigenvalue weighted by molar-refractivity contribution is -0.380. The molecule has 122 valence electrons. The lowest BCUT2D eigenvalue weighted by Gasteiger charge is -2.06. The van der Waals surface area contributed by atoms with Gasteiger partial charge in [-0.2, -0.15) is 0 Å². The van der Waals surface area contributed by atoms with E-state index in [1.165, 1.54) is 12.1 Å². The van der Waals surface area contributed by atoms with E-state index in [1.54, 1.807) is 12.5 Å². The van der Waals surface area contributed by atoms with Crippen LogP contribution in [0.5, 0.6) is 0 Å². The van der Waals surface area contributed by atoms with Crippen molar-refractivity contribution in [2.24, 2.45) is 0 Å². The van der Waals surface area contributed by atoms with E-state index in [0.29, 0.717) is 11.4 Å². The number of aromatic nitrogens is 2. The first-order valence-electron chi connectivity index (χ1n) is 7.18. The quantitative estimate of drug-likeness (QED) is 0.551. The molecular weight excluding hydrogens is 328 g/mol. The molecule has 0 atom stereocenters.